The largest absolute Gasteiger partial charge is 0.464 e. The van der Waals surface area contributed by atoms with Gasteiger partial charge in [-0.15, -0.1) is 0 Å². The Morgan fingerprint density at radius 1 is 1.75 bits per heavy atom. The lowest BCUT2D eigenvalue weighted by atomic mass is 10.4. The zero-order valence-corrected chi connectivity index (χ0v) is 8.05. The fourth-order valence-electron chi connectivity index (χ4n) is 0.705. The van der Waals surface area contributed by atoms with E-state index in [2.05, 4.69) is 25.8 Å². The van der Waals surface area contributed by atoms with Crippen LogP contribution in [-0.4, -0.2) is 22.9 Å². The molecule has 66 valence electrons. The molecular weight excluding hydrogens is 231 g/mol. The van der Waals surface area contributed by atoms with Gasteiger partial charge in [0.05, 0.1) is 7.11 Å². The van der Waals surface area contributed by atoms with E-state index in [0.29, 0.717) is 0 Å². The Bertz CT molecular complexity index is 324. The highest BCUT2D eigenvalue weighted by molar-refractivity contribution is 9.10. The van der Waals surface area contributed by atoms with Crippen LogP contribution >= 0.6 is 15.9 Å². The minimum absolute atomic E-state index is 0.0249. The van der Waals surface area contributed by atoms with E-state index in [1.165, 1.54) is 14.2 Å². The molecule has 6 heteroatoms. The quantitative estimate of drug-likeness (QED) is 0.687. The Hall–Kier alpha value is -0.910. The highest BCUT2D eigenvalue weighted by Crippen LogP contribution is 2.19. The Balaban J connectivity index is 3.17. The van der Waals surface area contributed by atoms with E-state index < -0.39 is 11.9 Å². The summed E-state index contributed by atoms with van der Waals surface area (Å²) in [6, 6.07) is 0. The van der Waals surface area contributed by atoms with E-state index in [0.717, 1.165) is 4.68 Å². The minimum Gasteiger partial charge on any atom is -0.464 e. The maximum Gasteiger partial charge on any atom is 0.359 e. The average molecular weight is 237 g/mol. The van der Waals surface area contributed by atoms with Crippen molar-refractivity contribution < 1.29 is 13.9 Å². The van der Waals surface area contributed by atoms with E-state index in [4.69, 9.17) is 0 Å². The molecule has 0 aliphatic rings. The molecule has 4 nitrogen and oxygen atoms in total. The van der Waals surface area contributed by atoms with Crippen LogP contribution in [-0.2, 0) is 11.8 Å². The topological polar surface area (TPSA) is 44.1 Å². The summed E-state index contributed by atoms with van der Waals surface area (Å²) in [6.45, 7) is 0. The van der Waals surface area contributed by atoms with Crippen molar-refractivity contribution in [1.82, 2.24) is 9.78 Å². The van der Waals surface area contributed by atoms with Crippen molar-refractivity contribution in [2.24, 2.45) is 7.05 Å². The second kappa shape index (κ2) is 3.22. The molecule has 0 saturated heterocycles. The van der Waals surface area contributed by atoms with Gasteiger partial charge in [0, 0.05) is 7.05 Å². The number of carbonyl (C=O) groups is 1. The molecule has 0 saturated carbocycles. The van der Waals surface area contributed by atoms with Gasteiger partial charge in [0.25, 0.3) is 0 Å². The van der Waals surface area contributed by atoms with Crippen LogP contribution in [0.2, 0.25) is 0 Å². The lowest BCUT2D eigenvalue weighted by molar-refractivity contribution is 0.0592. The van der Waals surface area contributed by atoms with Gasteiger partial charge in [-0.25, -0.2) is 9.48 Å². The van der Waals surface area contributed by atoms with Crippen molar-refractivity contribution >= 4 is 21.9 Å². The number of methoxy groups -OCH3 is 1. The number of carbonyl (C=O) groups excluding carboxylic acids is 1. The number of aromatic nitrogens is 2. The van der Waals surface area contributed by atoms with Gasteiger partial charge >= 0.3 is 5.97 Å². The van der Waals surface area contributed by atoms with Crippen LogP contribution in [0.15, 0.2) is 4.47 Å². The molecule has 12 heavy (non-hydrogen) atoms. The highest BCUT2D eigenvalue weighted by Gasteiger charge is 2.20. The first kappa shape index (κ1) is 9.18. The summed E-state index contributed by atoms with van der Waals surface area (Å²) in [5, 5.41) is 3.60. The number of ether oxygens (including phenoxy) is 1. The van der Waals surface area contributed by atoms with Crippen molar-refractivity contribution in [3.05, 3.63) is 16.1 Å². The standard InChI is InChI=1S/C6H6BrFN2O2/c1-10-5(8)3(7)4(9-10)6(11)12-2/h1-2H3. The number of esters is 1. The predicted octanol–water partition coefficient (Wildman–Crippen LogP) is 1.11. The van der Waals surface area contributed by atoms with Gasteiger partial charge in [0.2, 0.25) is 5.95 Å². The molecular formula is C6H6BrFN2O2. The summed E-state index contributed by atoms with van der Waals surface area (Å²) < 4.78 is 18.2. The van der Waals surface area contributed by atoms with E-state index in [1.807, 2.05) is 0 Å². The monoisotopic (exact) mass is 236 g/mol. The van der Waals surface area contributed by atoms with E-state index in [9.17, 15) is 9.18 Å². The Morgan fingerprint density at radius 2 is 2.33 bits per heavy atom. The summed E-state index contributed by atoms with van der Waals surface area (Å²) in [7, 11) is 2.61. The zero-order valence-electron chi connectivity index (χ0n) is 6.47. The van der Waals surface area contributed by atoms with Crippen LogP contribution in [0.5, 0.6) is 0 Å². The molecule has 0 aromatic carbocycles. The third kappa shape index (κ3) is 1.34. The highest BCUT2D eigenvalue weighted by atomic mass is 79.9. The Morgan fingerprint density at radius 3 is 2.67 bits per heavy atom. The van der Waals surface area contributed by atoms with Crippen LogP contribution in [0.3, 0.4) is 0 Å². The van der Waals surface area contributed by atoms with E-state index in [-0.39, 0.29) is 10.2 Å². The Kier molecular flexibility index (Phi) is 2.46. The molecule has 0 fully saturated rings. The van der Waals surface area contributed by atoms with E-state index in [1.54, 1.807) is 0 Å². The fraction of sp³-hybridized carbons (Fsp3) is 0.333. The predicted molar refractivity (Wildman–Crippen MR) is 42.2 cm³/mol. The maximum absolute atomic E-state index is 12.9. The van der Waals surface area contributed by atoms with Crippen LogP contribution < -0.4 is 0 Å². The normalized spacial score (nSPS) is 10.0. The number of rotatable bonds is 1. The summed E-state index contributed by atoms with van der Waals surface area (Å²) in [4.78, 5) is 10.9. The number of halogens is 2. The van der Waals surface area contributed by atoms with Gasteiger partial charge in [0.15, 0.2) is 5.69 Å². The van der Waals surface area contributed by atoms with Gasteiger partial charge in [-0.1, -0.05) is 0 Å². The molecule has 0 bridgehead atoms. The summed E-state index contributed by atoms with van der Waals surface area (Å²) in [5.74, 6) is -1.27. The molecule has 0 radical (unpaired) electrons. The van der Waals surface area contributed by atoms with Crippen LogP contribution in [0.4, 0.5) is 4.39 Å². The van der Waals surface area contributed by atoms with Crippen molar-refractivity contribution in [2.45, 2.75) is 0 Å². The minimum atomic E-state index is -0.665. The maximum atomic E-state index is 12.9. The third-order valence-electron chi connectivity index (χ3n) is 1.30. The molecule has 0 aliphatic heterocycles. The lowest BCUT2D eigenvalue weighted by Crippen LogP contribution is -2.03. The summed E-state index contributed by atoms with van der Waals surface area (Å²) >= 11 is 2.88. The molecule has 0 aliphatic carbocycles. The molecule has 0 spiro atoms. The van der Waals surface area contributed by atoms with Gasteiger partial charge in [-0.05, 0) is 15.9 Å². The second-order valence-electron chi connectivity index (χ2n) is 2.07. The first-order valence-corrected chi connectivity index (χ1v) is 3.83. The number of nitrogens with zero attached hydrogens (tertiary/aromatic N) is 2. The fourth-order valence-corrected chi connectivity index (χ4v) is 1.20. The van der Waals surface area contributed by atoms with Crippen LogP contribution in [0, 0.1) is 5.95 Å². The summed E-state index contributed by atoms with van der Waals surface area (Å²) in [6.07, 6.45) is 0. The molecule has 0 N–H and O–H groups in total. The second-order valence-corrected chi connectivity index (χ2v) is 2.86. The molecule has 1 aromatic heterocycles. The first-order chi connectivity index (χ1) is 5.57. The van der Waals surface area contributed by atoms with Gasteiger partial charge in [0.1, 0.15) is 4.47 Å². The van der Waals surface area contributed by atoms with Crippen LogP contribution in [0.25, 0.3) is 0 Å². The van der Waals surface area contributed by atoms with Gasteiger partial charge < -0.3 is 4.74 Å². The van der Waals surface area contributed by atoms with Gasteiger partial charge in [-0.2, -0.15) is 9.49 Å². The van der Waals surface area contributed by atoms with Crippen molar-refractivity contribution in [2.75, 3.05) is 7.11 Å². The van der Waals surface area contributed by atoms with Crippen LogP contribution in [0.1, 0.15) is 10.5 Å². The smallest absolute Gasteiger partial charge is 0.359 e. The average Bonchev–Trinajstić information content (AvgIpc) is 2.32. The first-order valence-electron chi connectivity index (χ1n) is 3.04. The molecule has 0 amide bonds. The number of hydrogen-bond donors (Lipinski definition) is 0. The van der Waals surface area contributed by atoms with Gasteiger partial charge in [-0.3, -0.25) is 0 Å². The molecule has 1 rings (SSSR count). The third-order valence-corrected chi connectivity index (χ3v) is 2.00. The Labute approximate surface area is 76.4 Å². The molecule has 1 heterocycles. The van der Waals surface area contributed by atoms with Crippen molar-refractivity contribution in [3.8, 4) is 0 Å². The number of hydrogen-bond acceptors (Lipinski definition) is 3. The molecule has 0 atom stereocenters. The van der Waals surface area contributed by atoms with Crippen molar-refractivity contribution in [1.29, 1.82) is 0 Å². The SMILES string of the molecule is COC(=O)c1nn(C)c(F)c1Br. The van der Waals surface area contributed by atoms with Crippen molar-refractivity contribution in [3.63, 3.8) is 0 Å². The number of aryl methyl sites for hydroxylation is 1. The molecule has 1 aromatic rings. The summed E-state index contributed by atoms with van der Waals surface area (Å²) in [5.41, 5.74) is -0.0579. The molecule has 0 unspecified atom stereocenters. The zero-order chi connectivity index (χ0) is 9.30. The lowest BCUT2D eigenvalue weighted by Gasteiger charge is -1.91. The van der Waals surface area contributed by atoms with E-state index >= 15 is 0 Å².